The van der Waals surface area contributed by atoms with Gasteiger partial charge in [0.25, 0.3) is 0 Å². The number of aliphatic hydroxyl groups excluding tert-OH is 1. The lowest BCUT2D eigenvalue weighted by Crippen LogP contribution is -2.56. The number of pyridine rings is 1. The number of carbonyl (C=O) groups excluding carboxylic acids is 2. The lowest BCUT2D eigenvalue weighted by Gasteiger charge is -2.36. The SMILES string of the molecule is O=C(Cc1cn2ccccc2n1)N[C@@H]1CN(C(=O)Cc2cn[nH]c2)CC[C@H]1O. The minimum Gasteiger partial charge on any atom is -0.391 e. The van der Waals surface area contributed by atoms with E-state index < -0.39 is 12.1 Å². The maximum atomic E-state index is 12.5. The molecule has 1 aliphatic heterocycles. The van der Waals surface area contributed by atoms with Crippen molar-refractivity contribution in [1.29, 1.82) is 0 Å². The Morgan fingerprint density at radius 1 is 1.32 bits per heavy atom. The zero-order valence-electron chi connectivity index (χ0n) is 15.3. The molecule has 9 nitrogen and oxygen atoms in total. The van der Waals surface area contributed by atoms with Crippen molar-refractivity contribution in [2.75, 3.05) is 13.1 Å². The van der Waals surface area contributed by atoms with Crippen molar-refractivity contribution in [3.05, 3.63) is 54.2 Å². The molecule has 0 radical (unpaired) electrons. The molecule has 0 saturated carbocycles. The molecule has 1 saturated heterocycles. The van der Waals surface area contributed by atoms with Gasteiger partial charge in [-0.25, -0.2) is 4.98 Å². The van der Waals surface area contributed by atoms with E-state index in [9.17, 15) is 14.7 Å². The molecule has 9 heteroatoms. The molecule has 146 valence electrons. The largest absolute Gasteiger partial charge is 0.391 e. The second-order valence-corrected chi connectivity index (χ2v) is 7.03. The molecular formula is C19H22N6O3. The minimum absolute atomic E-state index is 0.0482. The Balaban J connectivity index is 1.35. The number of carbonyl (C=O) groups is 2. The van der Waals surface area contributed by atoms with Gasteiger partial charge >= 0.3 is 0 Å². The van der Waals surface area contributed by atoms with Crippen LogP contribution in [-0.2, 0) is 22.4 Å². The first-order chi connectivity index (χ1) is 13.6. The van der Waals surface area contributed by atoms with Gasteiger partial charge in [0.05, 0.1) is 36.9 Å². The van der Waals surface area contributed by atoms with Gasteiger partial charge in [0.2, 0.25) is 11.8 Å². The fourth-order valence-electron chi connectivity index (χ4n) is 3.46. The molecule has 1 fully saturated rings. The van der Waals surface area contributed by atoms with Gasteiger partial charge in [-0.15, -0.1) is 0 Å². The summed E-state index contributed by atoms with van der Waals surface area (Å²) in [5.74, 6) is -0.274. The number of aromatic amines is 1. The first-order valence-corrected chi connectivity index (χ1v) is 9.24. The van der Waals surface area contributed by atoms with Crippen molar-refractivity contribution in [1.82, 2.24) is 29.8 Å². The first kappa shape index (κ1) is 18.2. The average molecular weight is 382 g/mol. The van der Waals surface area contributed by atoms with Crippen LogP contribution in [0.25, 0.3) is 5.65 Å². The Morgan fingerprint density at radius 3 is 3.00 bits per heavy atom. The Bertz CT molecular complexity index is 934. The zero-order chi connectivity index (χ0) is 19.5. The van der Waals surface area contributed by atoms with Crippen molar-refractivity contribution < 1.29 is 14.7 Å². The number of nitrogens with one attached hydrogen (secondary N) is 2. The van der Waals surface area contributed by atoms with Crippen LogP contribution in [0.3, 0.4) is 0 Å². The standard InChI is InChI=1S/C19H22N6O3/c26-16-4-6-25(19(28)7-13-9-20-21-10-13)12-15(16)23-18(27)8-14-11-24-5-2-1-3-17(24)22-14/h1-3,5,9-11,15-16,26H,4,6-8,12H2,(H,20,21)(H,23,27)/t15-,16-/m1/s1. The summed E-state index contributed by atoms with van der Waals surface area (Å²) in [4.78, 5) is 31.0. The highest BCUT2D eigenvalue weighted by atomic mass is 16.3. The fourth-order valence-corrected chi connectivity index (χ4v) is 3.46. The maximum Gasteiger partial charge on any atom is 0.227 e. The van der Waals surface area contributed by atoms with Crippen LogP contribution >= 0.6 is 0 Å². The molecule has 4 heterocycles. The summed E-state index contributed by atoms with van der Waals surface area (Å²) in [6.07, 6.45) is 7.10. The number of aromatic nitrogens is 4. The quantitative estimate of drug-likeness (QED) is 0.571. The number of likely N-dealkylation sites (tertiary alicyclic amines) is 1. The van der Waals surface area contributed by atoms with Crippen LogP contribution in [0.4, 0.5) is 0 Å². The van der Waals surface area contributed by atoms with Crippen molar-refractivity contribution in [2.45, 2.75) is 31.4 Å². The summed E-state index contributed by atoms with van der Waals surface area (Å²) in [5, 5.41) is 19.7. The molecular weight excluding hydrogens is 360 g/mol. The van der Waals surface area contributed by atoms with Crippen LogP contribution in [0.2, 0.25) is 0 Å². The van der Waals surface area contributed by atoms with Crippen molar-refractivity contribution >= 4 is 17.5 Å². The van der Waals surface area contributed by atoms with Gasteiger partial charge in [0, 0.05) is 31.7 Å². The molecule has 3 aromatic rings. The van der Waals surface area contributed by atoms with Crippen LogP contribution in [0, 0.1) is 0 Å². The number of hydrogen-bond acceptors (Lipinski definition) is 5. The number of amides is 2. The average Bonchev–Trinajstić information content (AvgIpc) is 3.32. The minimum atomic E-state index is -0.678. The predicted molar refractivity (Wildman–Crippen MR) is 100 cm³/mol. The van der Waals surface area contributed by atoms with Gasteiger partial charge in [-0.2, -0.15) is 5.10 Å². The third-order valence-electron chi connectivity index (χ3n) is 4.94. The van der Waals surface area contributed by atoms with Gasteiger partial charge in [0.15, 0.2) is 0 Å². The fraction of sp³-hybridized carbons (Fsp3) is 0.368. The van der Waals surface area contributed by atoms with E-state index in [4.69, 9.17) is 0 Å². The third kappa shape index (κ3) is 4.04. The van der Waals surface area contributed by atoms with Gasteiger partial charge in [-0.1, -0.05) is 6.07 Å². The molecule has 28 heavy (non-hydrogen) atoms. The maximum absolute atomic E-state index is 12.5. The monoisotopic (exact) mass is 382 g/mol. The van der Waals surface area contributed by atoms with Gasteiger partial charge in [0.1, 0.15) is 5.65 Å². The van der Waals surface area contributed by atoms with Gasteiger partial charge < -0.3 is 19.7 Å². The van der Waals surface area contributed by atoms with E-state index in [0.717, 1.165) is 11.2 Å². The zero-order valence-corrected chi connectivity index (χ0v) is 15.3. The molecule has 4 rings (SSSR count). The number of hydrogen-bond donors (Lipinski definition) is 3. The van der Waals surface area contributed by atoms with Crippen molar-refractivity contribution in [3.63, 3.8) is 0 Å². The molecule has 2 atom stereocenters. The highest BCUT2D eigenvalue weighted by molar-refractivity contribution is 5.80. The van der Waals surface area contributed by atoms with E-state index in [1.807, 2.05) is 35.0 Å². The second-order valence-electron chi connectivity index (χ2n) is 7.03. The summed E-state index contributed by atoms with van der Waals surface area (Å²) in [5.41, 5.74) is 2.24. The summed E-state index contributed by atoms with van der Waals surface area (Å²) in [6.45, 7) is 0.755. The Kier molecular flexibility index (Phi) is 5.07. The van der Waals surface area contributed by atoms with E-state index >= 15 is 0 Å². The molecule has 1 aliphatic rings. The molecule has 2 amide bonds. The highest BCUT2D eigenvalue weighted by Crippen LogP contribution is 2.14. The second kappa shape index (κ2) is 7.81. The Hall–Kier alpha value is -3.20. The van der Waals surface area contributed by atoms with E-state index in [1.54, 1.807) is 17.3 Å². The summed E-state index contributed by atoms with van der Waals surface area (Å²) >= 11 is 0. The Labute approximate surface area is 161 Å². The van der Waals surface area contributed by atoms with E-state index in [0.29, 0.717) is 18.7 Å². The number of rotatable bonds is 5. The topological polar surface area (TPSA) is 116 Å². The van der Waals surface area contributed by atoms with Crippen molar-refractivity contribution in [2.24, 2.45) is 0 Å². The van der Waals surface area contributed by atoms with Crippen LogP contribution in [0.15, 0.2) is 43.0 Å². The molecule has 0 bridgehead atoms. The lowest BCUT2D eigenvalue weighted by atomic mass is 10.0. The number of H-pyrrole nitrogens is 1. The lowest BCUT2D eigenvalue weighted by molar-refractivity contribution is -0.135. The molecule has 3 N–H and O–H groups in total. The number of imidazole rings is 1. The van der Waals surface area contributed by atoms with Crippen LogP contribution in [0.5, 0.6) is 0 Å². The Morgan fingerprint density at radius 2 is 2.21 bits per heavy atom. The van der Waals surface area contributed by atoms with Crippen LogP contribution in [-0.4, -0.2) is 66.6 Å². The number of piperidine rings is 1. The normalized spacial score (nSPS) is 19.7. The van der Waals surface area contributed by atoms with Crippen molar-refractivity contribution in [3.8, 4) is 0 Å². The predicted octanol–water partition coefficient (Wildman–Crippen LogP) is -0.0794. The molecule has 3 aromatic heterocycles. The third-order valence-corrected chi connectivity index (χ3v) is 4.94. The highest BCUT2D eigenvalue weighted by Gasteiger charge is 2.31. The summed E-state index contributed by atoms with van der Waals surface area (Å²) < 4.78 is 1.86. The molecule has 0 aliphatic carbocycles. The van der Waals surface area contributed by atoms with E-state index in [2.05, 4.69) is 20.5 Å². The smallest absolute Gasteiger partial charge is 0.227 e. The first-order valence-electron chi connectivity index (χ1n) is 9.24. The van der Waals surface area contributed by atoms with E-state index in [1.165, 1.54) is 0 Å². The summed E-state index contributed by atoms with van der Waals surface area (Å²) in [7, 11) is 0. The van der Waals surface area contributed by atoms with Gasteiger partial charge in [-0.05, 0) is 24.1 Å². The van der Waals surface area contributed by atoms with Gasteiger partial charge in [-0.3, -0.25) is 14.7 Å². The summed E-state index contributed by atoms with van der Waals surface area (Å²) in [6, 6.07) is 5.16. The van der Waals surface area contributed by atoms with E-state index in [-0.39, 0.29) is 31.2 Å². The number of aliphatic hydroxyl groups is 1. The molecule has 0 spiro atoms. The van der Waals surface area contributed by atoms with Crippen LogP contribution < -0.4 is 5.32 Å². The number of nitrogens with zero attached hydrogens (tertiary/aromatic N) is 4. The molecule has 0 unspecified atom stereocenters. The molecule has 0 aromatic carbocycles. The number of fused-ring (bicyclic) bond motifs is 1. The van der Waals surface area contributed by atoms with Crippen LogP contribution in [0.1, 0.15) is 17.7 Å².